The Bertz CT molecular complexity index is 467. The summed E-state index contributed by atoms with van der Waals surface area (Å²) in [5.74, 6) is 0.135. The van der Waals surface area contributed by atoms with E-state index >= 15 is 0 Å². The second kappa shape index (κ2) is 7.94. The third-order valence-corrected chi connectivity index (χ3v) is 1.67. The van der Waals surface area contributed by atoms with Crippen LogP contribution in [0.2, 0.25) is 0 Å². The molecule has 2 N–H and O–H groups in total. The Kier molecular flexibility index (Phi) is 8.00. The number of hydrogen-bond donors (Lipinski definition) is 1. The maximum Gasteiger partial charge on any atom is 1.00 e. The van der Waals surface area contributed by atoms with E-state index in [4.69, 9.17) is 27.6 Å². The van der Waals surface area contributed by atoms with Gasteiger partial charge in [0.2, 0.25) is 0 Å². The van der Waals surface area contributed by atoms with E-state index in [0.29, 0.717) is 0 Å². The topological polar surface area (TPSA) is 126 Å². The summed E-state index contributed by atoms with van der Waals surface area (Å²) < 4.78 is 4.80. The van der Waals surface area contributed by atoms with Crippen LogP contribution in [0.4, 0.5) is 11.4 Å². The van der Waals surface area contributed by atoms with Crippen LogP contribution in [0.25, 0.3) is 0 Å². The smallest absolute Gasteiger partial charge is 0.512 e. The van der Waals surface area contributed by atoms with E-state index < -0.39 is 4.92 Å². The van der Waals surface area contributed by atoms with Gasteiger partial charge in [-0.3, -0.25) is 10.1 Å². The zero-order valence-electron chi connectivity index (χ0n) is 8.60. The maximum atomic E-state index is 10.5. The first-order valence-corrected chi connectivity index (χ1v) is 3.84. The van der Waals surface area contributed by atoms with Crippen molar-refractivity contribution in [3.8, 4) is 11.8 Å². The van der Waals surface area contributed by atoms with Crippen LogP contribution in [0.5, 0.6) is 5.75 Å². The van der Waals surface area contributed by atoms with Gasteiger partial charge in [-0.15, -0.1) is 0 Å². The van der Waals surface area contributed by atoms with Crippen molar-refractivity contribution in [3.63, 3.8) is 0 Å². The molecule has 0 bridgehead atoms. The predicted octanol–water partition coefficient (Wildman–Crippen LogP) is 1.15. The third-order valence-electron chi connectivity index (χ3n) is 1.67. The zero-order valence-corrected chi connectivity index (χ0v) is 9.54. The summed E-state index contributed by atoms with van der Waals surface area (Å²) in [6.45, 7) is 4.75. The Morgan fingerprint density at radius 3 is 2.41 bits per heavy atom. The number of nitrogens with zero attached hydrogens (tertiary/aromatic N) is 3. The molecule has 0 spiro atoms. The van der Waals surface area contributed by atoms with Crippen LogP contribution in [-0.4, -0.2) is 12.0 Å². The Labute approximate surface area is 108 Å². The minimum atomic E-state index is -0.654. The van der Waals surface area contributed by atoms with Gasteiger partial charge in [0, 0.05) is 12.1 Å². The average Bonchev–Trinajstić information content (AvgIpc) is 2.31. The molecule has 0 radical (unpaired) electrons. The number of anilines is 1. The zero-order chi connectivity index (χ0) is 12.7. The largest absolute Gasteiger partial charge is 1.00 e. The minimum absolute atomic E-state index is 0. The van der Waals surface area contributed by atoms with Crippen molar-refractivity contribution in [2.24, 2.45) is 0 Å². The van der Waals surface area contributed by atoms with Gasteiger partial charge in [0.25, 0.3) is 5.69 Å². The summed E-state index contributed by atoms with van der Waals surface area (Å²) in [5, 5.41) is 25.4. The number of nitrogen functional groups attached to an aromatic ring is 1. The second-order valence-corrected chi connectivity index (χ2v) is 2.48. The van der Waals surface area contributed by atoms with Crippen LogP contribution in [0.3, 0.4) is 0 Å². The molecule has 0 aliphatic heterocycles. The summed E-state index contributed by atoms with van der Waals surface area (Å²) in [7, 11) is 1.33. The molecule has 0 heterocycles. The van der Waals surface area contributed by atoms with Gasteiger partial charge in [0.15, 0.2) is 5.69 Å². The van der Waals surface area contributed by atoms with Crippen molar-refractivity contribution in [1.29, 1.82) is 10.5 Å². The SMILES string of the molecule is COc1cc(C#N)cc([N+](=O)[O-])c1N.[C-]#N.[Cu+]. The molecule has 7 nitrogen and oxygen atoms in total. The molecule has 92 valence electrons. The van der Waals surface area contributed by atoms with Gasteiger partial charge in [-0.1, -0.05) is 0 Å². The number of benzene rings is 1. The molecule has 17 heavy (non-hydrogen) atoms. The van der Waals surface area contributed by atoms with E-state index in [9.17, 15) is 10.1 Å². The molecule has 1 aromatic carbocycles. The summed E-state index contributed by atoms with van der Waals surface area (Å²) >= 11 is 0. The van der Waals surface area contributed by atoms with Crippen LogP contribution in [0.15, 0.2) is 12.1 Å². The summed E-state index contributed by atoms with van der Waals surface area (Å²) in [6, 6.07) is 4.24. The van der Waals surface area contributed by atoms with E-state index in [-0.39, 0.29) is 39.8 Å². The van der Waals surface area contributed by atoms with Crippen LogP contribution >= 0.6 is 0 Å². The van der Waals surface area contributed by atoms with Gasteiger partial charge in [0.05, 0.1) is 23.7 Å². The Morgan fingerprint density at radius 1 is 1.53 bits per heavy atom. The summed E-state index contributed by atoms with van der Waals surface area (Å²) in [5.41, 5.74) is 5.19. The van der Waals surface area contributed by atoms with Crippen LogP contribution in [0, 0.1) is 33.3 Å². The predicted molar refractivity (Wildman–Crippen MR) is 53.7 cm³/mol. The van der Waals surface area contributed by atoms with E-state index in [2.05, 4.69) is 0 Å². The van der Waals surface area contributed by atoms with Gasteiger partial charge in [-0.2, -0.15) is 5.26 Å². The van der Waals surface area contributed by atoms with Crippen molar-refractivity contribution >= 4 is 11.4 Å². The van der Waals surface area contributed by atoms with Crippen molar-refractivity contribution in [2.75, 3.05) is 12.8 Å². The van der Waals surface area contributed by atoms with Crippen LogP contribution in [0.1, 0.15) is 5.56 Å². The van der Waals surface area contributed by atoms with Crippen LogP contribution in [-0.2, 0) is 17.1 Å². The first-order valence-electron chi connectivity index (χ1n) is 3.84. The fourth-order valence-electron chi connectivity index (χ4n) is 0.996. The van der Waals surface area contributed by atoms with Crippen molar-refractivity contribution < 1.29 is 26.7 Å². The van der Waals surface area contributed by atoms with E-state index in [1.807, 2.05) is 0 Å². The van der Waals surface area contributed by atoms with Crippen LogP contribution < -0.4 is 10.5 Å². The standard InChI is InChI=1S/C8H7N3O3.CN.Cu/c1-14-7-3-5(4-9)2-6(8(7)10)11(12)13;1-2;/h2-3H,10H2,1H3;;/q;-1;+1. The maximum absolute atomic E-state index is 10.5. The number of nitrogens with two attached hydrogens (primary N) is 1. The molecule has 0 aromatic heterocycles. The van der Waals surface area contributed by atoms with Gasteiger partial charge in [-0.25, -0.2) is 0 Å². The number of hydrogen-bond acceptors (Lipinski definition) is 6. The summed E-state index contributed by atoms with van der Waals surface area (Å²) in [6.07, 6.45) is 0. The second-order valence-electron chi connectivity index (χ2n) is 2.48. The molecule has 1 rings (SSSR count). The molecule has 1 aromatic rings. The monoisotopic (exact) mass is 282 g/mol. The minimum Gasteiger partial charge on any atom is -0.512 e. The molecule has 0 aliphatic carbocycles. The number of rotatable bonds is 2. The normalized spacial score (nSPS) is 7.65. The number of methoxy groups -OCH3 is 1. The molecule has 0 saturated heterocycles. The van der Waals surface area contributed by atoms with E-state index in [1.165, 1.54) is 13.2 Å². The van der Waals surface area contributed by atoms with Crippen molar-refractivity contribution in [3.05, 3.63) is 34.4 Å². The van der Waals surface area contributed by atoms with Crippen molar-refractivity contribution in [2.45, 2.75) is 0 Å². The molecule has 0 amide bonds. The Balaban J connectivity index is 0. The van der Waals surface area contributed by atoms with Crippen molar-refractivity contribution in [1.82, 2.24) is 0 Å². The van der Waals surface area contributed by atoms with E-state index in [1.54, 1.807) is 6.07 Å². The van der Waals surface area contributed by atoms with E-state index in [0.717, 1.165) is 6.07 Å². The number of nitriles is 1. The van der Waals surface area contributed by atoms with Gasteiger partial charge >= 0.3 is 17.1 Å². The fourth-order valence-corrected chi connectivity index (χ4v) is 0.996. The Morgan fingerprint density at radius 2 is 2.06 bits per heavy atom. The quantitative estimate of drug-likeness (QED) is 0.285. The molecular weight excluding hydrogens is 276 g/mol. The molecule has 0 aliphatic rings. The molecule has 0 fully saturated rings. The fraction of sp³-hybridized carbons (Fsp3) is 0.111. The first-order chi connectivity index (χ1) is 7.60. The Hall–Kier alpha value is -2.28. The number of ether oxygens (including phenoxy) is 1. The molecule has 0 saturated carbocycles. The molecule has 0 unspecified atom stereocenters. The number of nitro benzene ring substituents is 1. The summed E-state index contributed by atoms with van der Waals surface area (Å²) in [4.78, 5) is 9.86. The first kappa shape index (κ1) is 17.1. The van der Waals surface area contributed by atoms with Gasteiger partial charge in [-0.05, 0) is 0 Å². The van der Waals surface area contributed by atoms with Gasteiger partial charge in [0.1, 0.15) is 5.75 Å². The molecule has 0 atom stereocenters. The third kappa shape index (κ3) is 3.99. The van der Waals surface area contributed by atoms with Gasteiger partial charge < -0.3 is 22.3 Å². The molecular formula is C9H7CuN4O3. The molecule has 8 heteroatoms. The number of nitro groups is 1. The average molecular weight is 283 g/mol.